The van der Waals surface area contributed by atoms with Gasteiger partial charge in [0.2, 0.25) is 11.8 Å². The van der Waals surface area contributed by atoms with Gasteiger partial charge in [-0.2, -0.15) is 0 Å². The van der Waals surface area contributed by atoms with Crippen LogP contribution in [-0.2, 0) is 6.54 Å². The number of hydrogen-bond acceptors (Lipinski definition) is 4. The van der Waals surface area contributed by atoms with Crippen molar-refractivity contribution in [2.75, 3.05) is 0 Å². The molecule has 0 spiro atoms. The molecule has 0 saturated heterocycles. The summed E-state index contributed by atoms with van der Waals surface area (Å²) in [5.74, 6) is 1.34. The topological polar surface area (TPSA) is 51.0 Å². The molecule has 0 unspecified atom stereocenters. The third kappa shape index (κ3) is 3.04. The maximum Gasteiger partial charge on any atom is 0.230 e. The zero-order valence-electron chi connectivity index (χ0n) is 10.4. The van der Waals surface area contributed by atoms with E-state index in [0.717, 1.165) is 0 Å². The van der Waals surface area contributed by atoms with E-state index in [1.807, 2.05) is 6.92 Å². The second kappa shape index (κ2) is 4.53. The van der Waals surface area contributed by atoms with E-state index >= 15 is 0 Å². The largest absolute Gasteiger partial charge is 0.424 e. The van der Waals surface area contributed by atoms with Crippen LogP contribution in [0.5, 0.6) is 0 Å². The van der Waals surface area contributed by atoms with Crippen molar-refractivity contribution >= 4 is 0 Å². The van der Waals surface area contributed by atoms with Gasteiger partial charge in [0.15, 0.2) is 0 Å². The summed E-state index contributed by atoms with van der Waals surface area (Å²) in [4.78, 5) is 0. The Balaban J connectivity index is 1.75. The Morgan fingerprint density at radius 1 is 1.31 bits per heavy atom. The summed E-state index contributed by atoms with van der Waals surface area (Å²) in [7, 11) is 0. The number of nitrogens with one attached hydrogen (secondary N) is 1. The summed E-state index contributed by atoms with van der Waals surface area (Å²) in [6.45, 7) is 7.22. The summed E-state index contributed by atoms with van der Waals surface area (Å²) in [5, 5.41) is 11.3. The first kappa shape index (κ1) is 11.6. The third-order valence-electron chi connectivity index (χ3n) is 3.45. The van der Waals surface area contributed by atoms with E-state index < -0.39 is 0 Å². The first-order chi connectivity index (χ1) is 7.55. The van der Waals surface area contributed by atoms with Crippen molar-refractivity contribution < 1.29 is 4.42 Å². The van der Waals surface area contributed by atoms with E-state index in [0.29, 0.717) is 29.8 Å². The number of aromatic nitrogens is 2. The van der Waals surface area contributed by atoms with E-state index in [1.165, 1.54) is 25.7 Å². The Morgan fingerprint density at radius 2 is 2.00 bits per heavy atom. The van der Waals surface area contributed by atoms with Gasteiger partial charge in [-0.1, -0.05) is 13.8 Å². The molecule has 16 heavy (non-hydrogen) atoms. The number of nitrogens with zero attached hydrogens (tertiary/aromatic N) is 2. The maximum absolute atomic E-state index is 5.33. The summed E-state index contributed by atoms with van der Waals surface area (Å²) in [6.07, 6.45) is 5.10. The van der Waals surface area contributed by atoms with Gasteiger partial charge in [0, 0.05) is 13.0 Å². The Hall–Kier alpha value is -0.900. The van der Waals surface area contributed by atoms with E-state index in [-0.39, 0.29) is 0 Å². The lowest BCUT2D eigenvalue weighted by Crippen LogP contribution is -2.35. The molecule has 0 bridgehead atoms. The molecule has 4 nitrogen and oxygen atoms in total. The SMILES string of the molecule is Cc1nnc(CNC2CCC(C)(C)CC2)o1. The second-order valence-electron chi connectivity index (χ2n) is 5.53. The van der Waals surface area contributed by atoms with Crippen molar-refractivity contribution in [3.05, 3.63) is 11.8 Å². The smallest absolute Gasteiger partial charge is 0.230 e. The molecular weight excluding hydrogens is 202 g/mol. The number of aryl methyl sites for hydroxylation is 1. The predicted octanol–water partition coefficient (Wildman–Crippen LogP) is 2.44. The molecule has 0 atom stereocenters. The Bertz CT molecular complexity index is 336. The van der Waals surface area contributed by atoms with Crippen LogP contribution in [0.2, 0.25) is 0 Å². The van der Waals surface area contributed by atoms with E-state index in [1.54, 1.807) is 0 Å². The number of rotatable bonds is 3. The minimum absolute atomic E-state index is 0.527. The minimum Gasteiger partial charge on any atom is -0.424 e. The fourth-order valence-electron chi connectivity index (χ4n) is 2.24. The molecule has 1 aliphatic rings. The highest BCUT2D eigenvalue weighted by atomic mass is 16.4. The van der Waals surface area contributed by atoms with Crippen LogP contribution in [0.3, 0.4) is 0 Å². The highest BCUT2D eigenvalue weighted by Gasteiger charge is 2.26. The molecule has 0 radical (unpaired) electrons. The van der Waals surface area contributed by atoms with Crippen LogP contribution in [-0.4, -0.2) is 16.2 Å². The van der Waals surface area contributed by atoms with Crippen molar-refractivity contribution in [3.63, 3.8) is 0 Å². The molecule has 2 rings (SSSR count). The van der Waals surface area contributed by atoms with Crippen molar-refractivity contribution in [1.82, 2.24) is 15.5 Å². The van der Waals surface area contributed by atoms with Gasteiger partial charge in [-0.05, 0) is 31.1 Å². The van der Waals surface area contributed by atoms with Crippen LogP contribution in [0, 0.1) is 12.3 Å². The minimum atomic E-state index is 0.527. The lowest BCUT2D eigenvalue weighted by atomic mass is 9.75. The molecule has 1 fully saturated rings. The third-order valence-corrected chi connectivity index (χ3v) is 3.45. The molecule has 90 valence electrons. The molecule has 1 N–H and O–H groups in total. The van der Waals surface area contributed by atoms with E-state index in [9.17, 15) is 0 Å². The van der Waals surface area contributed by atoms with Crippen LogP contribution in [0.1, 0.15) is 51.3 Å². The molecule has 4 heteroatoms. The summed E-state index contributed by atoms with van der Waals surface area (Å²) in [6, 6.07) is 0.611. The fraction of sp³-hybridized carbons (Fsp3) is 0.833. The van der Waals surface area contributed by atoms with Gasteiger partial charge in [-0.15, -0.1) is 10.2 Å². The van der Waals surface area contributed by atoms with E-state index in [4.69, 9.17) is 4.42 Å². The maximum atomic E-state index is 5.33. The molecular formula is C12H21N3O. The van der Waals surface area contributed by atoms with Crippen LogP contribution < -0.4 is 5.32 Å². The highest BCUT2D eigenvalue weighted by molar-refractivity contribution is 4.84. The molecule has 1 heterocycles. The monoisotopic (exact) mass is 223 g/mol. The fourth-order valence-corrected chi connectivity index (χ4v) is 2.24. The molecule has 1 aromatic rings. The molecule has 1 aliphatic carbocycles. The van der Waals surface area contributed by atoms with Crippen LogP contribution in [0.15, 0.2) is 4.42 Å². The standard InChI is InChI=1S/C12H21N3O/c1-9-14-15-11(16-9)8-13-10-4-6-12(2,3)7-5-10/h10,13H,4-8H2,1-3H3. The van der Waals surface area contributed by atoms with Gasteiger partial charge in [0.25, 0.3) is 0 Å². The Morgan fingerprint density at radius 3 is 2.56 bits per heavy atom. The first-order valence-electron chi connectivity index (χ1n) is 6.07. The van der Waals surface area contributed by atoms with Crippen LogP contribution >= 0.6 is 0 Å². The van der Waals surface area contributed by atoms with Gasteiger partial charge in [-0.25, -0.2) is 0 Å². The first-order valence-corrected chi connectivity index (χ1v) is 6.07. The average Bonchev–Trinajstić information content (AvgIpc) is 2.63. The number of hydrogen-bond donors (Lipinski definition) is 1. The van der Waals surface area contributed by atoms with Gasteiger partial charge >= 0.3 is 0 Å². The molecule has 0 amide bonds. The molecule has 1 saturated carbocycles. The summed E-state index contributed by atoms with van der Waals surface area (Å²) >= 11 is 0. The summed E-state index contributed by atoms with van der Waals surface area (Å²) in [5.41, 5.74) is 0.527. The Labute approximate surface area is 96.8 Å². The Kier molecular flexibility index (Phi) is 3.28. The lowest BCUT2D eigenvalue weighted by molar-refractivity contribution is 0.203. The highest BCUT2D eigenvalue weighted by Crippen LogP contribution is 2.34. The molecule has 1 aromatic heterocycles. The van der Waals surface area contributed by atoms with Gasteiger partial charge in [-0.3, -0.25) is 0 Å². The summed E-state index contributed by atoms with van der Waals surface area (Å²) < 4.78 is 5.33. The van der Waals surface area contributed by atoms with Gasteiger partial charge < -0.3 is 9.73 Å². The van der Waals surface area contributed by atoms with Crippen molar-refractivity contribution in [3.8, 4) is 0 Å². The quantitative estimate of drug-likeness (QED) is 0.855. The van der Waals surface area contributed by atoms with Gasteiger partial charge in [0.05, 0.1) is 6.54 Å². The predicted molar refractivity (Wildman–Crippen MR) is 61.9 cm³/mol. The second-order valence-corrected chi connectivity index (χ2v) is 5.53. The van der Waals surface area contributed by atoms with Crippen molar-refractivity contribution in [1.29, 1.82) is 0 Å². The average molecular weight is 223 g/mol. The normalized spacial score (nSPS) is 21.2. The zero-order chi connectivity index (χ0) is 11.6. The van der Waals surface area contributed by atoms with E-state index in [2.05, 4.69) is 29.4 Å². The van der Waals surface area contributed by atoms with Crippen LogP contribution in [0.4, 0.5) is 0 Å². The van der Waals surface area contributed by atoms with Crippen molar-refractivity contribution in [2.45, 2.75) is 59.0 Å². The lowest BCUT2D eigenvalue weighted by Gasteiger charge is -2.34. The van der Waals surface area contributed by atoms with Gasteiger partial charge in [0.1, 0.15) is 0 Å². The molecule has 0 aromatic carbocycles. The van der Waals surface area contributed by atoms with Crippen molar-refractivity contribution in [2.24, 2.45) is 5.41 Å². The molecule has 0 aliphatic heterocycles. The zero-order valence-corrected chi connectivity index (χ0v) is 10.4. The van der Waals surface area contributed by atoms with Crippen LogP contribution in [0.25, 0.3) is 0 Å².